The van der Waals surface area contributed by atoms with E-state index >= 15 is 0 Å². The third-order valence-corrected chi connectivity index (χ3v) is 3.10. The summed E-state index contributed by atoms with van der Waals surface area (Å²) in [4.78, 5) is 21.5. The summed E-state index contributed by atoms with van der Waals surface area (Å²) in [7, 11) is -6.10. The Bertz CT molecular complexity index is 733. The van der Waals surface area contributed by atoms with Gasteiger partial charge in [-0.3, -0.25) is 4.79 Å². The van der Waals surface area contributed by atoms with Crippen molar-refractivity contribution >= 4 is 28.1 Å². The second kappa shape index (κ2) is 6.69. The topological polar surface area (TPSA) is 107 Å². The van der Waals surface area contributed by atoms with Crippen molar-refractivity contribution in [2.45, 2.75) is 12.4 Å². The van der Waals surface area contributed by atoms with Crippen LogP contribution in [0.5, 0.6) is 5.75 Å². The molecule has 1 N–H and O–H groups in total. The Hall–Kier alpha value is -2.56. The van der Waals surface area contributed by atoms with E-state index in [1.54, 1.807) is 0 Å². The number of rotatable bonds is 5. The van der Waals surface area contributed by atoms with Crippen LogP contribution in [-0.2, 0) is 23.9 Å². The molecule has 0 saturated carbocycles. The fraction of sp³-hybridized carbons (Fsp3) is 0.167. The third-order valence-electron chi connectivity index (χ3n) is 2.13. The Morgan fingerprint density at radius 1 is 1.17 bits per heavy atom. The van der Waals surface area contributed by atoms with Gasteiger partial charge in [0.25, 0.3) is 0 Å². The Balaban J connectivity index is 3.09. The number of carbonyl (C=O) groups is 2. The molecular formula is C12H9F3O7S. The SMILES string of the molecule is CC(=O)Oc1ccc(/C=C(\OS(=O)(=O)C(F)(F)F)C(=O)O)cc1. The molecule has 1 aromatic carbocycles. The minimum atomic E-state index is -6.10. The number of carboxylic acids is 1. The molecule has 0 atom stereocenters. The molecule has 0 bridgehead atoms. The molecule has 1 aromatic rings. The minimum Gasteiger partial charge on any atom is -0.475 e. The molecule has 0 fully saturated rings. The lowest BCUT2D eigenvalue weighted by molar-refractivity contribution is -0.135. The largest absolute Gasteiger partial charge is 0.534 e. The van der Waals surface area contributed by atoms with Crippen LogP contribution in [0, 0.1) is 0 Å². The molecule has 0 unspecified atom stereocenters. The summed E-state index contributed by atoms with van der Waals surface area (Å²) in [5.41, 5.74) is -5.75. The van der Waals surface area contributed by atoms with Crippen LogP contribution in [-0.4, -0.2) is 31.0 Å². The van der Waals surface area contributed by atoms with E-state index in [-0.39, 0.29) is 11.3 Å². The number of halogens is 3. The van der Waals surface area contributed by atoms with Crippen molar-refractivity contribution in [3.63, 3.8) is 0 Å². The highest BCUT2D eigenvalue weighted by Crippen LogP contribution is 2.27. The molecule has 0 radical (unpaired) electrons. The summed E-state index contributed by atoms with van der Waals surface area (Å²) in [6, 6.07) is 4.82. The van der Waals surface area contributed by atoms with Crippen LogP contribution in [0.3, 0.4) is 0 Å². The van der Waals surface area contributed by atoms with Crippen molar-refractivity contribution in [1.29, 1.82) is 0 Å². The van der Waals surface area contributed by atoms with E-state index in [1.165, 1.54) is 24.3 Å². The van der Waals surface area contributed by atoms with E-state index in [1.807, 2.05) is 0 Å². The van der Waals surface area contributed by atoms with Gasteiger partial charge in [-0.15, -0.1) is 0 Å². The van der Waals surface area contributed by atoms with Crippen LogP contribution in [0.25, 0.3) is 6.08 Å². The van der Waals surface area contributed by atoms with Crippen molar-refractivity contribution in [2.75, 3.05) is 0 Å². The number of carboxylic acid groups (broad SMARTS) is 1. The zero-order valence-corrected chi connectivity index (χ0v) is 12.1. The highest BCUT2D eigenvalue weighted by molar-refractivity contribution is 7.87. The van der Waals surface area contributed by atoms with E-state index in [0.717, 1.165) is 6.92 Å². The smallest absolute Gasteiger partial charge is 0.475 e. The second-order valence-corrected chi connectivity index (χ2v) is 5.50. The lowest BCUT2D eigenvalue weighted by Crippen LogP contribution is -2.26. The number of esters is 1. The maximum atomic E-state index is 12.2. The van der Waals surface area contributed by atoms with Gasteiger partial charge in [0.1, 0.15) is 5.75 Å². The standard InChI is InChI=1S/C12H9F3O7S/c1-7(16)21-9-4-2-8(3-5-9)6-10(11(17)18)22-23(19,20)12(13,14)15/h2-6H,1H3,(H,17,18)/b10-6-. The molecule has 7 nitrogen and oxygen atoms in total. The van der Waals surface area contributed by atoms with E-state index in [2.05, 4.69) is 4.18 Å². The van der Waals surface area contributed by atoms with E-state index in [9.17, 15) is 31.2 Å². The van der Waals surface area contributed by atoms with Gasteiger partial charge in [0, 0.05) is 6.92 Å². The molecule has 0 aliphatic heterocycles. The van der Waals surface area contributed by atoms with Crippen LogP contribution in [0.2, 0.25) is 0 Å². The van der Waals surface area contributed by atoms with Crippen LogP contribution in [0.15, 0.2) is 30.0 Å². The zero-order valence-electron chi connectivity index (χ0n) is 11.3. The fourth-order valence-electron chi connectivity index (χ4n) is 1.24. The number of hydrogen-bond acceptors (Lipinski definition) is 6. The van der Waals surface area contributed by atoms with Gasteiger partial charge in [0.2, 0.25) is 5.76 Å². The van der Waals surface area contributed by atoms with Crippen LogP contribution < -0.4 is 4.74 Å². The summed E-state index contributed by atoms with van der Waals surface area (Å²) >= 11 is 0. The fourth-order valence-corrected chi connectivity index (χ4v) is 1.69. The lowest BCUT2D eigenvalue weighted by atomic mass is 10.2. The number of carbonyl (C=O) groups excluding carboxylic acids is 1. The van der Waals surface area contributed by atoms with Crippen LogP contribution in [0.4, 0.5) is 13.2 Å². The summed E-state index contributed by atoms with van der Waals surface area (Å²) in [5.74, 6) is -3.96. The Kier molecular flexibility index (Phi) is 5.38. The summed E-state index contributed by atoms with van der Waals surface area (Å²) in [5, 5.41) is 8.74. The quantitative estimate of drug-likeness (QED) is 0.215. The van der Waals surface area contributed by atoms with Crippen molar-refractivity contribution in [3.05, 3.63) is 35.6 Å². The Morgan fingerprint density at radius 3 is 2.09 bits per heavy atom. The molecule has 0 amide bonds. The molecule has 1 rings (SSSR count). The third kappa shape index (κ3) is 5.29. The first-order valence-electron chi connectivity index (χ1n) is 5.66. The lowest BCUT2D eigenvalue weighted by Gasteiger charge is -2.09. The minimum absolute atomic E-state index is 0.00989. The van der Waals surface area contributed by atoms with E-state index in [0.29, 0.717) is 6.08 Å². The maximum absolute atomic E-state index is 12.2. The summed E-state index contributed by atoms with van der Waals surface area (Å²) in [6.45, 7) is 1.15. The number of alkyl halides is 3. The first kappa shape index (κ1) is 18.5. The summed E-state index contributed by atoms with van der Waals surface area (Å²) in [6.07, 6.45) is 0.573. The van der Waals surface area contributed by atoms with Gasteiger partial charge in [-0.25, -0.2) is 4.79 Å². The predicted molar refractivity (Wildman–Crippen MR) is 69.4 cm³/mol. The van der Waals surface area contributed by atoms with Gasteiger partial charge in [0.05, 0.1) is 0 Å². The average Bonchev–Trinajstić information content (AvgIpc) is 2.37. The molecule has 23 heavy (non-hydrogen) atoms. The molecule has 0 aromatic heterocycles. The van der Waals surface area contributed by atoms with Crippen molar-refractivity contribution < 1.29 is 45.2 Å². The number of aliphatic carboxylic acids is 1. The molecule has 0 saturated heterocycles. The normalized spacial score (nSPS) is 12.6. The number of benzene rings is 1. The van der Waals surface area contributed by atoms with E-state index < -0.39 is 33.3 Å². The Labute approximate surface area is 128 Å². The monoisotopic (exact) mass is 354 g/mol. The van der Waals surface area contributed by atoms with Gasteiger partial charge >= 0.3 is 27.6 Å². The Morgan fingerprint density at radius 2 is 1.70 bits per heavy atom. The zero-order chi connectivity index (χ0) is 17.8. The van der Waals surface area contributed by atoms with Gasteiger partial charge in [0.15, 0.2) is 0 Å². The molecular weight excluding hydrogens is 345 g/mol. The maximum Gasteiger partial charge on any atom is 0.534 e. The highest BCUT2D eigenvalue weighted by atomic mass is 32.2. The molecule has 0 spiro atoms. The van der Waals surface area contributed by atoms with Crippen molar-refractivity contribution in [1.82, 2.24) is 0 Å². The van der Waals surface area contributed by atoms with Gasteiger partial charge in [-0.05, 0) is 23.8 Å². The molecule has 126 valence electrons. The van der Waals surface area contributed by atoms with Crippen molar-refractivity contribution in [2.24, 2.45) is 0 Å². The number of ether oxygens (including phenoxy) is 1. The molecule has 0 aliphatic carbocycles. The number of hydrogen-bond donors (Lipinski definition) is 1. The highest BCUT2D eigenvalue weighted by Gasteiger charge is 2.49. The molecule has 0 aliphatic rings. The van der Waals surface area contributed by atoms with Crippen molar-refractivity contribution in [3.8, 4) is 5.75 Å². The van der Waals surface area contributed by atoms with Crippen LogP contribution in [0.1, 0.15) is 12.5 Å². The summed E-state index contributed by atoms with van der Waals surface area (Å²) < 4.78 is 66.5. The van der Waals surface area contributed by atoms with Crippen LogP contribution >= 0.6 is 0 Å². The van der Waals surface area contributed by atoms with Gasteiger partial charge in [-0.2, -0.15) is 21.6 Å². The second-order valence-electron chi connectivity index (χ2n) is 3.96. The molecule has 0 heterocycles. The first-order valence-corrected chi connectivity index (χ1v) is 7.07. The van der Waals surface area contributed by atoms with E-state index in [4.69, 9.17) is 9.84 Å². The average molecular weight is 354 g/mol. The van der Waals surface area contributed by atoms with Gasteiger partial charge in [-0.1, -0.05) is 12.1 Å². The molecule has 11 heteroatoms. The van der Waals surface area contributed by atoms with Gasteiger partial charge < -0.3 is 14.0 Å². The first-order chi connectivity index (χ1) is 10.4. The predicted octanol–water partition coefficient (Wildman–Crippen LogP) is 1.90.